The van der Waals surface area contributed by atoms with Gasteiger partial charge < -0.3 is 4.65 Å². The van der Waals surface area contributed by atoms with Gasteiger partial charge in [0.25, 0.3) is 11.4 Å². The van der Waals surface area contributed by atoms with Crippen molar-refractivity contribution in [2.45, 2.75) is 33.7 Å². The van der Waals surface area contributed by atoms with Crippen LogP contribution in [0.1, 0.15) is 30.1 Å². The number of allylic oxidation sites excluding steroid dienone is 1. The van der Waals surface area contributed by atoms with E-state index in [-0.39, 0.29) is 26.3 Å². The van der Waals surface area contributed by atoms with E-state index < -0.39 is 49.2 Å². The molecule has 1 aliphatic rings. The van der Waals surface area contributed by atoms with Crippen LogP contribution in [0, 0.1) is 20.2 Å². The number of non-ortho nitro benzene ring substituents is 2. The summed E-state index contributed by atoms with van der Waals surface area (Å²) in [5.74, 6) is 0. The van der Waals surface area contributed by atoms with Crippen molar-refractivity contribution in [1.29, 1.82) is 0 Å². The van der Waals surface area contributed by atoms with Crippen LogP contribution in [0.2, 0.25) is 0 Å². The summed E-state index contributed by atoms with van der Waals surface area (Å²) >= 11 is 1.14. The monoisotopic (exact) mass is 756 g/mol. The Morgan fingerprint density at radius 2 is 1.00 bits per heavy atom. The van der Waals surface area contributed by atoms with Crippen LogP contribution < -0.4 is 0 Å². The van der Waals surface area contributed by atoms with Gasteiger partial charge in [0, 0.05) is 29.2 Å². The number of sulfonamides is 2. The fourth-order valence-corrected chi connectivity index (χ4v) is 9.97. The standard InChI is InChI=1S/C35H29BN4O9S3/c1-2-33(50-30-16-10-5-11-17-30)49-36-37(51(45,46)31-22-18-28(19-23-31)39(41)42)34(26-12-6-3-7-13-26)35(27-14-8-4-9-15-27)38(36)52(47,48)32-24-20-29(21-25-32)40(43)44/h2-25,34-35H,1H3/b33-2-/t34-,35-/m1/s1. The average Bonchev–Trinajstić information content (AvgIpc) is 3.52. The molecule has 1 fully saturated rings. The second-order valence-electron chi connectivity index (χ2n) is 11.3. The maximum Gasteiger partial charge on any atom is 0.578 e. The highest BCUT2D eigenvalue weighted by atomic mass is 32.2. The number of hydrogen-bond donors (Lipinski definition) is 0. The number of hydrogen-bond acceptors (Lipinski definition) is 10. The van der Waals surface area contributed by atoms with Crippen LogP contribution >= 0.6 is 11.8 Å². The van der Waals surface area contributed by atoms with Crippen molar-refractivity contribution in [3.05, 3.63) is 182 Å². The molecular weight excluding hydrogens is 727 g/mol. The first-order chi connectivity index (χ1) is 24.9. The molecule has 0 bridgehead atoms. The molecule has 0 spiro atoms. The minimum atomic E-state index is -4.73. The summed E-state index contributed by atoms with van der Waals surface area (Å²) in [6.45, 7) is 1.66. The van der Waals surface area contributed by atoms with Crippen LogP contribution in [0.25, 0.3) is 0 Å². The number of rotatable bonds is 12. The predicted molar refractivity (Wildman–Crippen MR) is 196 cm³/mol. The number of nitro benzene ring substituents is 2. The summed E-state index contributed by atoms with van der Waals surface area (Å²) in [7, 11) is -11.3. The Bertz CT molecular complexity index is 2180. The van der Waals surface area contributed by atoms with Gasteiger partial charge in [0.2, 0.25) is 20.0 Å². The minimum absolute atomic E-state index is 0.171. The van der Waals surface area contributed by atoms with Gasteiger partial charge in [-0.05, 0) is 60.5 Å². The first-order valence-electron chi connectivity index (χ1n) is 15.6. The van der Waals surface area contributed by atoms with E-state index >= 15 is 0 Å². The average molecular weight is 757 g/mol. The second kappa shape index (κ2) is 15.1. The molecule has 0 saturated carbocycles. The van der Waals surface area contributed by atoms with Crippen LogP contribution in [-0.4, -0.2) is 42.3 Å². The van der Waals surface area contributed by atoms with Gasteiger partial charge in [0.05, 0.1) is 31.7 Å². The van der Waals surface area contributed by atoms with E-state index in [9.17, 15) is 37.1 Å². The molecule has 1 heterocycles. The van der Waals surface area contributed by atoms with Gasteiger partial charge >= 0.3 is 7.19 Å². The summed E-state index contributed by atoms with van der Waals surface area (Å²) < 4.78 is 68.5. The van der Waals surface area contributed by atoms with E-state index in [1.54, 1.807) is 85.8 Å². The molecule has 0 aliphatic carbocycles. The van der Waals surface area contributed by atoms with Crippen molar-refractivity contribution in [2.24, 2.45) is 0 Å². The molecule has 5 aromatic rings. The van der Waals surface area contributed by atoms with Crippen molar-refractivity contribution in [3.63, 3.8) is 0 Å². The lowest BCUT2D eigenvalue weighted by molar-refractivity contribution is -0.385. The third kappa shape index (κ3) is 7.22. The van der Waals surface area contributed by atoms with Gasteiger partial charge in [-0.1, -0.05) is 90.6 Å². The summed E-state index contributed by atoms with van der Waals surface area (Å²) in [6.07, 6.45) is 1.58. The fourth-order valence-electron chi connectivity index (χ4n) is 5.85. The molecule has 0 aromatic heterocycles. The molecule has 0 radical (unpaired) electrons. The number of nitro groups is 2. The van der Waals surface area contributed by atoms with Crippen LogP contribution in [0.15, 0.2) is 165 Å². The molecule has 1 aliphatic heterocycles. The van der Waals surface area contributed by atoms with E-state index in [4.69, 9.17) is 4.65 Å². The topological polar surface area (TPSA) is 170 Å². The maximum absolute atomic E-state index is 15.0. The summed E-state index contributed by atoms with van der Waals surface area (Å²) in [6, 6.07) is 32.1. The zero-order valence-corrected chi connectivity index (χ0v) is 29.7. The smallest absolute Gasteiger partial charge is 0.527 e. The van der Waals surface area contributed by atoms with Gasteiger partial charge in [-0.3, -0.25) is 20.2 Å². The summed E-state index contributed by atoms with van der Waals surface area (Å²) in [5, 5.41) is 23.1. The van der Waals surface area contributed by atoms with Crippen molar-refractivity contribution >= 4 is 50.4 Å². The minimum Gasteiger partial charge on any atom is -0.527 e. The predicted octanol–water partition coefficient (Wildman–Crippen LogP) is 7.34. The van der Waals surface area contributed by atoms with E-state index in [1.165, 1.54) is 0 Å². The third-order valence-corrected chi connectivity index (χ3v) is 12.9. The lowest BCUT2D eigenvalue weighted by atomic mass is 9.95. The van der Waals surface area contributed by atoms with Crippen molar-refractivity contribution in [1.82, 2.24) is 8.43 Å². The molecule has 2 atom stereocenters. The van der Waals surface area contributed by atoms with Gasteiger partial charge in [0.1, 0.15) is 5.09 Å². The zero-order chi connectivity index (χ0) is 37.0. The molecular formula is C35H29BN4O9S3. The Morgan fingerprint density at radius 3 is 1.35 bits per heavy atom. The van der Waals surface area contributed by atoms with E-state index in [0.29, 0.717) is 11.1 Å². The van der Waals surface area contributed by atoms with Gasteiger partial charge in [-0.25, -0.2) is 16.8 Å². The fraction of sp³-hybridized carbons (Fsp3) is 0.0857. The Balaban J connectivity index is 1.63. The van der Waals surface area contributed by atoms with Gasteiger partial charge in [-0.15, -0.1) is 0 Å². The molecule has 264 valence electrons. The zero-order valence-electron chi connectivity index (χ0n) is 27.3. The molecule has 5 aromatic carbocycles. The Labute approximate surface area is 304 Å². The van der Waals surface area contributed by atoms with Crippen molar-refractivity contribution in [3.8, 4) is 0 Å². The number of nitrogens with zero attached hydrogens (tertiary/aromatic N) is 4. The molecule has 52 heavy (non-hydrogen) atoms. The van der Waals surface area contributed by atoms with E-state index in [0.717, 1.165) is 73.6 Å². The molecule has 6 rings (SSSR count). The highest BCUT2D eigenvalue weighted by Crippen LogP contribution is 2.51. The Kier molecular flexibility index (Phi) is 10.6. The van der Waals surface area contributed by atoms with Crippen molar-refractivity contribution < 1.29 is 31.3 Å². The van der Waals surface area contributed by atoms with Crippen LogP contribution in [0.4, 0.5) is 11.4 Å². The Morgan fingerprint density at radius 1 is 0.635 bits per heavy atom. The lowest BCUT2D eigenvalue weighted by Crippen LogP contribution is -2.51. The largest absolute Gasteiger partial charge is 0.578 e. The van der Waals surface area contributed by atoms with Crippen molar-refractivity contribution in [2.75, 3.05) is 0 Å². The molecule has 1 saturated heterocycles. The van der Waals surface area contributed by atoms with Crippen LogP contribution in [0.5, 0.6) is 0 Å². The van der Waals surface area contributed by atoms with E-state index in [2.05, 4.69) is 0 Å². The molecule has 0 unspecified atom stereocenters. The Hall–Kier alpha value is -5.33. The first kappa shape index (κ1) is 36.5. The first-order valence-corrected chi connectivity index (χ1v) is 19.3. The third-order valence-electron chi connectivity index (χ3n) is 8.23. The van der Waals surface area contributed by atoms with Gasteiger partial charge in [0.15, 0.2) is 0 Å². The molecule has 0 N–H and O–H groups in total. The number of benzene rings is 5. The second-order valence-corrected chi connectivity index (χ2v) is 16.1. The van der Waals surface area contributed by atoms with E-state index in [1.807, 2.05) is 18.2 Å². The van der Waals surface area contributed by atoms with Crippen LogP contribution in [-0.2, 0) is 24.7 Å². The maximum atomic E-state index is 15.0. The van der Waals surface area contributed by atoms with Gasteiger partial charge in [-0.2, -0.15) is 8.43 Å². The van der Waals surface area contributed by atoms with Crippen LogP contribution in [0.3, 0.4) is 0 Å². The number of thioether (sulfide) groups is 1. The normalized spacial score (nSPS) is 17.2. The molecule has 13 nitrogen and oxygen atoms in total. The quantitative estimate of drug-likeness (QED) is 0.0413. The highest BCUT2D eigenvalue weighted by molar-refractivity contribution is 8.03. The molecule has 17 heteroatoms. The lowest BCUT2D eigenvalue weighted by Gasteiger charge is -2.29. The summed E-state index contributed by atoms with van der Waals surface area (Å²) in [5.41, 5.74) is 0.171. The summed E-state index contributed by atoms with van der Waals surface area (Å²) in [4.78, 5) is 21.7. The SMILES string of the molecule is C/C=C(/OB1N(S(=O)(=O)c2ccc([N+](=O)[O-])cc2)[C@H](c2ccccc2)[C@@H](c2ccccc2)N1S(=O)(=O)c1ccc([N+](=O)[O-])cc1)Sc1ccccc1. The highest BCUT2D eigenvalue weighted by Gasteiger charge is 2.64. The molecule has 0 amide bonds.